The molecule has 2 aromatic heterocycles. The minimum atomic E-state index is -0.970. The summed E-state index contributed by atoms with van der Waals surface area (Å²) in [5.41, 5.74) is 4.54. The molecule has 5 heterocycles. The second-order valence-corrected chi connectivity index (χ2v) is 16.4. The summed E-state index contributed by atoms with van der Waals surface area (Å²) in [5, 5.41) is 21.8. The Morgan fingerprint density at radius 1 is 0.647 bits per heavy atom. The molecule has 0 saturated carbocycles. The highest BCUT2D eigenvalue weighted by Gasteiger charge is 2.33. The van der Waals surface area contributed by atoms with Gasteiger partial charge >= 0.3 is 0 Å². The minimum Gasteiger partial charge on any atom is -0.489 e. The first kappa shape index (κ1) is 44.8. The predicted octanol–water partition coefficient (Wildman–Crippen LogP) is 1.69. The number of fused-ring (bicyclic) bond motifs is 2. The lowest BCUT2D eigenvalue weighted by Gasteiger charge is -2.32. The van der Waals surface area contributed by atoms with E-state index in [0.29, 0.717) is 49.1 Å². The largest absolute Gasteiger partial charge is 0.489 e. The van der Waals surface area contributed by atoms with Crippen LogP contribution in [0, 0.1) is 23.7 Å². The van der Waals surface area contributed by atoms with Gasteiger partial charge in [-0.1, -0.05) is 84.3 Å². The normalized spacial score (nSPS) is 17.1. The van der Waals surface area contributed by atoms with E-state index in [0.717, 1.165) is 48.4 Å². The number of ether oxygens (including phenoxy) is 2. The number of tetrazole rings is 1. The molecular weight excluding hydrogens is 867 g/mol. The molecule has 3 aliphatic heterocycles. The van der Waals surface area contributed by atoms with Gasteiger partial charge in [0.2, 0.25) is 5.82 Å². The first-order valence-electron chi connectivity index (χ1n) is 22.0. The molecule has 19 nitrogen and oxygen atoms in total. The number of anilines is 2. The van der Waals surface area contributed by atoms with Crippen molar-refractivity contribution in [3.63, 3.8) is 0 Å². The van der Waals surface area contributed by atoms with E-state index in [1.807, 2.05) is 84.9 Å². The first-order chi connectivity index (χ1) is 33.1. The fourth-order valence-electron chi connectivity index (χ4n) is 7.81. The van der Waals surface area contributed by atoms with E-state index in [2.05, 4.69) is 69.6 Å². The van der Waals surface area contributed by atoms with Crippen molar-refractivity contribution in [3.05, 3.63) is 137 Å². The first-order valence-corrected chi connectivity index (χ1v) is 22.0. The molecule has 19 heteroatoms. The van der Waals surface area contributed by atoms with Crippen molar-refractivity contribution < 1.29 is 28.7 Å². The summed E-state index contributed by atoms with van der Waals surface area (Å²) in [6.07, 6.45) is 1.49. The second kappa shape index (κ2) is 20.4. The van der Waals surface area contributed by atoms with Crippen LogP contribution >= 0.6 is 0 Å². The summed E-state index contributed by atoms with van der Waals surface area (Å²) in [7, 11) is 3.28. The molecule has 1 saturated heterocycles. The van der Waals surface area contributed by atoms with Gasteiger partial charge in [0.25, 0.3) is 29.5 Å². The molecule has 6 aromatic rings. The number of benzene rings is 4. The van der Waals surface area contributed by atoms with Gasteiger partial charge in [0.15, 0.2) is 0 Å². The minimum absolute atomic E-state index is 0.0355. The number of carbonyl (C=O) groups is 4. The van der Waals surface area contributed by atoms with Crippen LogP contribution in [0.4, 0.5) is 11.4 Å². The summed E-state index contributed by atoms with van der Waals surface area (Å²) >= 11 is 0. The Labute approximate surface area is 392 Å². The number of hydrogen-bond acceptors (Lipinski definition) is 13. The summed E-state index contributed by atoms with van der Waals surface area (Å²) in [4.78, 5) is 66.0. The van der Waals surface area contributed by atoms with Crippen molar-refractivity contribution in [2.75, 3.05) is 76.4 Å². The highest BCUT2D eigenvalue weighted by molar-refractivity contribution is 6.03. The molecule has 9 rings (SSSR count). The Hall–Kier alpha value is -8.39. The van der Waals surface area contributed by atoms with Crippen LogP contribution in [0.5, 0.6) is 11.5 Å². The molecule has 3 aliphatic rings. The monoisotopic (exact) mass is 913 g/mol. The average Bonchev–Trinajstić information content (AvgIpc) is 4.00. The molecule has 2 atom stereocenters. The maximum atomic E-state index is 13.5. The lowest BCUT2D eigenvalue weighted by atomic mass is 10.1. The van der Waals surface area contributed by atoms with Crippen molar-refractivity contribution in [1.82, 2.24) is 55.4 Å². The maximum Gasteiger partial charge on any atom is 0.293 e. The van der Waals surface area contributed by atoms with E-state index in [4.69, 9.17) is 9.47 Å². The van der Waals surface area contributed by atoms with Crippen LogP contribution in [-0.2, 0) is 22.7 Å². The summed E-state index contributed by atoms with van der Waals surface area (Å²) in [6.45, 7) is 5.13. The molecule has 4 amide bonds. The van der Waals surface area contributed by atoms with E-state index < -0.39 is 23.9 Å². The number of likely N-dealkylation sites (N-methyl/N-ethyl adjacent to an activating group) is 2. The third-order valence-corrected chi connectivity index (χ3v) is 11.6. The molecule has 0 aliphatic carbocycles. The van der Waals surface area contributed by atoms with Crippen LogP contribution < -0.4 is 29.9 Å². The van der Waals surface area contributed by atoms with Crippen LogP contribution in [0.3, 0.4) is 0 Å². The van der Waals surface area contributed by atoms with Gasteiger partial charge in [-0.25, -0.2) is 9.67 Å². The van der Waals surface area contributed by atoms with E-state index in [1.54, 1.807) is 30.9 Å². The van der Waals surface area contributed by atoms with Crippen molar-refractivity contribution in [2.24, 2.45) is 0 Å². The molecule has 0 unspecified atom stereocenters. The highest BCUT2D eigenvalue weighted by Crippen LogP contribution is 2.33. The molecule has 1 fully saturated rings. The molecule has 68 heavy (non-hydrogen) atoms. The SMILES string of the molecule is CN1C(=O)[C@@H](NC(=O)c2ncn(Cc3ccccc3)n2)COc2ccc(C#CCN3CCN(CC#Cc4ccc5c(c4)N(C)C(=O)[C@@H](NC(=O)c4nnn(Cc6ccccc6)n4)CO5)CC3)cc21. The van der Waals surface area contributed by atoms with Crippen LogP contribution in [0.25, 0.3) is 0 Å². The van der Waals surface area contributed by atoms with Crippen molar-refractivity contribution in [3.8, 4) is 35.2 Å². The van der Waals surface area contributed by atoms with Crippen molar-refractivity contribution in [1.29, 1.82) is 0 Å². The lowest BCUT2D eigenvalue weighted by Crippen LogP contribution is -2.49. The number of nitrogens with one attached hydrogen (secondary N) is 2. The van der Waals surface area contributed by atoms with Crippen LogP contribution in [-0.4, -0.2) is 147 Å². The second-order valence-electron chi connectivity index (χ2n) is 16.4. The maximum absolute atomic E-state index is 13.5. The van der Waals surface area contributed by atoms with E-state index in [9.17, 15) is 19.2 Å². The van der Waals surface area contributed by atoms with Crippen LogP contribution in [0.1, 0.15) is 43.5 Å². The highest BCUT2D eigenvalue weighted by atomic mass is 16.5. The smallest absolute Gasteiger partial charge is 0.293 e. The fraction of sp³-hybridized carbons (Fsp3) is 0.286. The number of carbonyl (C=O) groups excluding carboxylic acids is 4. The number of hydrogen-bond donors (Lipinski definition) is 2. The van der Waals surface area contributed by atoms with Gasteiger partial charge < -0.3 is 29.9 Å². The van der Waals surface area contributed by atoms with Crippen LogP contribution in [0.2, 0.25) is 0 Å². The Bertz CT molecular complexity index is 2750. The molecule has 4 aromatic carbocycles. The molecular formula is C49H47N13O6. The zero-order valence-corrected chi connectivity index (χ0v) is 37.4. The third kappa shape index (κ3) is 10.7. The molecule has 0 bridgehead atoms. The zero-order chi connectivity index (χ0) is 47.0. The van der Waals surface area contributed by atoms with Crippen molar-refractivity contribution in [2.45, 2.75) is 25.2 Å². The Morgan fingerprint density at radius 2 is 1.15 bits per heavy atom. The fourth-order valence-corrected chi connectivity index (χ4v) is 7.81. The number of amides is 4. The van der Waals surface area contributed by atoms with E-state index in [1.165, 1.54) is 20.9 Å². The van der Waals surface area contributed by atoms with Gasteiger partial charge in [0.1, 0.15) is 43.1 Å². The lowest BCUT2D eigenvalue weighted by molar-refractivity contribution is -0.121. The summed E-state index contributed by atoms with van der Waals surface area (Å²) in [5.74, 6) is 12.0. The number of rotatable bonds is 10. The standard InChI is InChI=1S/C49H47N13O6/c1-57-40-27-34(17-19-42(40)67-31-38(48(57)65)51-46(63)44-50-33-61(54-44)29-36-11-5-3-6-12-36)15-9-21-59-23-25-60(26-24-59)22-10-16-35-18-20-43-41(28-35)58(2)49(66)39(32-68-43)52-47(64)45-53-56-62(55-45)30-37-13-7-4-8-14-37/h3-8,11-14,17-20,27-28,33,38-39H,21-26,29-32H2,1-2H3,(H,51,63)(H,52,64)/t38-,39-/m0/s1. The quantitative estimate of drug-likeness (QED) is 0.189. The van der Waals surface area contributed by atoms with Gasteiger partial charge in [-0.2, -0.15) is 4.80 Å². The third-order valence-electron chi connectivity index (χ3n) is 11.6. The van der Waals surface area contributed by atoms with Crippen LogP contribution in [0.15, 0.2) is 103 Å². The molecule has 0 radical (unpaired) electrons. The van der Waals surface area contributed by atoms with E-state index >= 15 is 0 Å². The van der Waals surface area contributed by atoms with Gasteiger partial charge in [0.05, 0.1) is 37.6 Å². The number of piperazine rings is 1. The van der Waals surface area contributed by atoms with Gasteiger partial charge in [-0.3, -0.25) is 29.0 Å². The molecule has 344 valence electrons. The zero-order valence-electron chi connectivity index (χ0n) is 37.4. The molecule has 2 N–H and O–H groups in total. The summed E-state index contributed by atoms with van der Waals surface area (Å²) < 4.78 is 13.5. The number of aromatic nitrogens is 7. The van der Waals surface area contributed by atoms with Gasteiger partial charge in [-0.15, -0.1) is 15.3 Å². The molecule has 0 spiro atoms. The summed E-state index contributed by atoms with van der Waals surface area (Å²) in [6, 6.07) is 28.3. The average molecular weight is 914 g/mol. The Kier molecular flexibility index (Phi) is 13.4. The Balaban J connectivity index is 0.723. The predicted molar refractivity (Wildman–Crippen MR) is 249 cm³/mol. The van der Waals surface area contributed by atoms with Gasteiger partial charge in [-0.05, 0) is 52.7 Å². The number of nitrogens with zero attached hydrogens (tertiary/aromatic N) is 11. The van der Waals surface area contributed by atoms with Gasteiger partial charge in [0, 0.05) is 51.4 Å². The topological polar surface area (TPSA) is 198 Å². The van der Waals surface area contributed by atoms with Crippen molar-refractivity contribution >= 4 is 35.0 Å². The Morgan fingerprint density at radius 3 is 1.68 bits per heavy atom. The van der Waals surface area contributed by atoms with E-state index in [-0.39, 0.29) is 36.7 Å².